The molecule has 1 aromatic heterocycles. The van der Waals surface area contributed by atoms with E-state index in [1.54, 1.807) is 10.9 Å². The third kappa shape index (κ3) is 3.37. The highest BCUT2D eigenvalue weighted by molar-refractivity contribution is 7.71. The maximum Gasteiger partial charge on any atom is 0.216 e. The molecular formula is C17H16N4OS. The van der Waals surface area contributed by atoms with Gasteiger partial charge in [-0.25, -0.2) is 5.10 Å². The number of ether oxygens (including phenoxy) is 1. The number of hydrogen-bond donors (Lipinski definition) is 1. The molecular weight excluding hydrogens is 308 g/mol. The molecule has 0 unspecified atom stereocenters. The van der Waals surface area contributed by atoms with Gasteiger partial charge in [-0.1, -0.05) is 42.5 Å². The van der Waals surface area contributed by atoms with E-state index in [9.17, 15) is 0 Å². The second-order valence-electron chi connectivity index (χ2n) is 4.75. The van der Waals surface area contributed by atoms with Gasteiger partial charge in [-0.2, -0.15) is 14.9 Å². The number of rotatable bonds is 5. The first-order chi connectivity index (χ1) is 11.3. The highest BCUT2D eigenvalue weighted by Gasteiger charge is 2.07. The Balaban J connectivity index is 1.98. The summed E-state index contributed by atoms with van der Waals surface area (Å²) in [6.45, 7) is 2.55. The van der Waals surface area contributed by atoms with Crippen LogP contribution in [-0.2, 0) is 0 Å². The van der Waals surface area contributed by atoms with Crippen LogP contribution in [-0.4, -0.2) is 27.7 Å². The Hall–Kier alpha value is -2.73. The van der Waals surface area contributed by atoms with Crippen molar-refractivity contribution in [3.8, 4) is 17.1 Å². The molecule has 0 spiro atoms. The molecule has 0 atom stereocenters. The van der Waals surface area contributed by atoms with Crippen molar-refractivity contribution in [2.75, 3.05) is 6.61 Å². The van der Waals surface area contributed by atoms with E-state index in [1.807, 2.05) is 61.5 Å². The Morgan fingerprint density at radius 1 is 1.17 bits per heavy atom. The number of aromatic amines is 1. The quantitative estimate of drug-likeness (QED) is 0.572. The zero-order valence-electron chi connectivity index (χ0n) is 12.6. The summed E-state index contributed by atoms with van der Waals surface area (Å²) in [5.74, 6) is 1.45. The van der Waals surface area contributed by atoms with E-state index < -0.39 is 0 Å². The number of H-pyrrole nitrogens is 1. The first-order valence-electron chi connectivity index (χ1n) is 7.28. The average molecular weight is 324 g/mol. The molecule has 0 aliphatic heterocycles. The van der Waals surface area contributed by atoms with E-state index in [2.05, 4.69) is 15.3 Å². The van der Waals surface area contributed by atoms with Crippen molar-refractivity contribution < 1.29 is 4.74 Å². The molecule has 6 heteroatoms. The lowest BCUT2D eigenvalue weighted by atomic mass is 10.2. The summed E-state index contributed by atoms with van der Waals surface area (Å²) in [4.78, 5) is 0. The summed E-state index contributed by atoms with van der Waals surface area (Å²) in [7, 11) is 0. The molecule has 0 saturated heterocycles. The van der Waals surface area contributed by atoms with Crippen LogP contribution in [0.5, 0.6) is 5.75 Å². The van der Waals surface area contributed by atoms with Gasteiger partial charge in [-0.05, 0) is 31.3 Å². The minimum Gasteiger partial charge on any atom is -0.493 e. The van der Waals surface area contributed by atoms with Crippen LogP contribution in [0.25, 0.3) is 11.4 Å². The highest BCUT2D eigenvalue weighted by atomic mass is 32.1. The zero-order valence-corrected chi connectivity index (χ0v) is 13.5. The van der Waals surface area contributed by atoms with Crippen LogP contribution < -0.4 is 4.74 Å². The van der Waals surface area contributed by atoms with E-state index in [0.29, 0.717) is 17.2 Å². The topological polar surface area (TPSA) is 55.2 Å². The molecule has 0 aliphatic carbocycles. The molecule has 1 heterocycles. The number of nitrogens with one attached hydrogen (secondary N) is 1. The van der Waals surface area contributed by atoms with Gasteiger partial charge in [-0.15, -0.1) is 0 Å². The van der Waals surface area contributed by atoms with E-state index in [-0.39, 0.29) is 0 Å². The molecule has 3 rings (SSSR count). The minimum atomic E-state index is 0.439. The molecule has 2 aromatic carbocycles. The van der Waals surface area contributed by atoms with Gasteiger partial charge in [0.1, 0.15) is 5.75 Å². The molecule has 5 nitrogen and oxygen atoms in total. The minimum absolute atomic E-state index is 0.439. The van der Waals surface area contributed by atoms with Crippen LogP contribution in [0.2, 0.25) is 0 Å². The van der Waals surface area contributed by atoms with Crippen LogP contribution in [0, 0.1) is 4.77 Å². The predicted molar refractivity (Wildman–Crippen MR) is 93.5 cm³/mol. The number of benzene rings is 2. The molecule has 0 saturated carbocycles. The summed E-state index contributed by atoms with van der Waals surface area (Å²) >= 11 is 5.27. The number of nitrogens with zero attached hydrogens (tertiary/aromatic N) is 3. The Labute approximate surface area is 139 Å². The summed E-state index contributed by atoms with van der Waals surface area (Å²) in [5, 5.41) is 11.5. The van der Waals surface area contributed by atoms with Gasteiger partial charge in [0.2, 0.25) is 4.77 Å². The Morgan fingerprint density at radius 3 is 2.70 bits per heavy atom. The largest absolute Gasteiger partial charge is 0.493 e. The first-order valence-corrected chi connectivity index (χ1v) is 7.69. The number of hydrogen-bond acceptors (Lipinski definition) is 4. The van der Waals surface area contributed by atoms with E-state index in [0.717, 1.165) is 16.9 Å². The maximum absolute atomic E-state index is 5.60. The molecule has 23 heavy (non-hydrogen) atoms. The van der Waals surface area contributed by atoms with E-state index >= 15 is 0 Å². The molecule has 0 amide bonds. The van der Waals surface area contributed by atoms with Gasteiger partial charge in [0.15, 0.2) is 5.82 Å². The Kier molecular flexibility index (Phi) is 4.63. The third-order valence-electron chi connectivity index (χ3n) is 3.21. The zero-order chi connectivity index (χ0) is 16.1. The lowest BCUT2D eigenvalue weighted by Gasteiger charge is -2.06. The fraction of sp³-hybridized carbons (Fsp3) is 0.118. The van der Waals surface area contributed by atoms with Crippen LogP contribution in [0.3, 0.4) is 0 Å². The van der Waals surface area contributed by atoms with E-state index in [1.165, 1.54) is 0 Å². The molecule has 3 aromatic rings. The molecule has 0 aliphatic rings. The lowest BCUT2D eigenvalue weighted by molar-refractivity contribution is 0.340. The summed E-state index contributed by atoms with van der Waals surface area (Å²) in [6, 6.07) is 17.5. The standard InChI is InChI=1S/C17H16N4OS/c1-2-22-15-11-7-6-10-14(15)12-18-21-16(19-20-17(21)23)13-8-4-3-5-9-13/h3-12H,2H2,1H3,(H,20,23)/b18-12-. The Morgan fingerprint density at radius 2 is 1.91 bits per heavy atom. The maximum atomic E-state index is 5.60. The van der Waals surface area contributed by atoms with Crippen molar-refractivity contribution in [1.82, 2.24) is 14.9 Å². The van der Waals surface area contributed by atoms with Crippen LogP contribution in [0.1, 0.15) is 12.5 Å². The second kappa shape index (κ2) is 7.02. The number of aromatic nitrogens is 3. The van der Waals surface area contributed by atoms with Gasteiger partial charge in [-0.3, -0.25) is 0 Å². The second-order valence-corrected chi connectivity index (χ2v) is 5.13. The average Bonchev–Trinajstić information content (AvgIpc) is 2.96. The SMILES string of the molecule is CCOc1ccccc1/C=N\n1c(-c2ccccc2)n[nH]c1=S. The van der Waals surface area contributed by atoms with Crippen molar-refractivity contribution >= 4 is 18.4 Å². The van der Waals surface area contributed by atoms with Crippen LogP contribution >= 0.6 is 12.2 Å². The van der Waals surface area contributed by atoms with Crippen LogP contribution in [0.4, 0.5) is 0 Å². The van der Waals surface area contributed by atoms with Gasteiger partial charge in [0.25, 0.3) is 0 Å². The van der Waals surface area contributed by atoms with Gasteiger partial charge in [0, 0.05) is 11.1 Å². The smallest absolute Gasteiger partial charge is 0.216 e. The summed E-state index contributed by atoms with van der Waals surface area (Å²) in [5.41, 5.74) is 1.83. The van der Waals surface area contributed by atoms with Crippen molar-refractivity contribution in [3.63, 3.8) is 0 Å². The van der Waals surface area contributed by atoms with Crippen LogP contribution in [0.15, 0.2) is 59.7 Å². The van der Waals surface area contributed by atoms with Gasteiger partial charge < -0.3 is 4.74 Å². The first kappa shape index (κ1) is 15.2. The van der Waals surface area contributed by atoms with Gasteiger partial charge in [0.05, 0.1) is 12.8 Å². The number of para-hydroxylation sites is 1. The van der Waals surface area contributed by atoms with E-state index in [4.69, 9.17) is 17.0 Å². The molecule has 0 radical (unpaired) electrons. The van der Waals surface area contributed by atoms with Crippen molar-refractivity contribution in [2.24, 2.45) is 5.10 Å². The highest BCUT2D eigenvalue weighted by Crippen LogP contribution is 2.18. The molecule has 1 N–H and O–H groups in total. The molecule has 0 fully saturated rings. The lowest BCUT2D eigenvalue weighted by Crippen LogP contribution is -1.98. The van der Waals surface area contributed by atoms with Gasteiger partial charge >= 0.3 is 0 Å². The fourth-order valence-electron chi connectivity index (χ4n) is 2.17. The monoisotopic (exact) mass is 324 g/mol. The predicted octanol–water partition coefficient (Wildman–Crippen LogP) is 3.89. The fourth-order valence-corrected chi connectivity index (χ4v) is 2.35. The Bertz CT molecular complexity index is 868. The summed E-state index contributed by atoms with van der Waals surface area (Å²) in [6.07, 6.45) is 1.72. The van der Waals surface area contributed by atoms with Crippen molar-refractivity contribution in [1.29, 1.82) is 0 Å². The van der Waals surface area contributed by atoms with Crippen molar-refractivity contribution in [2.45, 2.75) is 6.92 Å². The third-order valence-corrected chi connectivity index (χ3v) is 3.48. The molecule has 116 valence electrons. The molecule has 0 bridgehead atoms. The normalized spacial score (nSPS) is 11.0. The van der Waals surface area contributed by atoms with Crippen molar-refractivity contribution in [3.05, 3.63) is 64.9 Å². The summed E-state index contributed by atoms with van der Waals surface area (Å²) < 4.78 is 7.65.